The van der Waals surface area contributed by atoms with Gasteiger partial charge in [0.05, 0.1) is 0 Å². The van der Waals surface area contributed by atoms with Crippen LogP contribution >= 0.6 is 0 Å². The Kier molecular flexibility index (Phi) is 5.46. The van der Waals surface area contributed by atoms with Crippen LogP contribution in [0.1, 0.15) is 18.4 Å². The molecular weight excluding hydrogens is 354 g/mol. The van der Waals surface area contributed by atoms with Gasteiger partial charge >= 0.3 is 0 Å². The fraction of sp³-hybridized carbons (Fsp3) is 0.364. The highest BCUT2D eigenvalue weighted by molar-refractivity contribution is 5.77. The van der Waals surface area contributed by atoms with Crippen molar-refractivity contribution < 1.29 is 13.9 Å². The van der Waals surface area contributed by atoms with Crippen molar-refractivity contribution in [2.75, 3.05) is 31.1 Å². The number of ether oxygens (including phenoxy) is 1. The molecule has 0 atom stereocenters. The Balaban J connectivity index is 1.20. The molecule has 0 saturated carbocycles. The number of amides is 1. The monoisotopic (exact) mass is 379 g/mol. The van der Waals surface area contributed by atoms with Crippen molar-refractivity contribution >= 4 is 23.0 Å². The van der Waals surface area contributed by atoms with Crippen molar-refractivity contribution in [3.05, 3.63) is 54.1 Å². The summed E-state index contributed by atoms with van der Waals surface area (Å²) in [6, 6.07) is 16.2. The molecule has 1 aliphatic rings. The normalized spacial score (nSPS) is 15.0. The van der Waals surface area contributed by atoms with E-state index in [0.29, 0.717) is 24.2 Å². The van der Waals surface area contributed by atoms with Gasteiger partial charge in [0.1, 0.15) is 11.3 Å². The second-order valence-corrected chi connectivity index (χ2v) is 7.30. The first-order valence-electron chi connectivity index (χ1n) is 9.74. The van der Waals surface area contributed by atoms with Gasteiger partial charge in [0.2, 0.25) is 0 Å². The zero-order valence-corrected chi connectivity index (χ0v) is 16.1. The number of carbonyl (C=O) groups is 1. The van der Waals surface area contributed by atoms with Crippen LogP contribution in [0.25, 0.3) is 11.1 Å². The first kappa shape index (κ1) is 18.3. The summed E-state index contributed by atoms with van der Waals surface area (Å²) >= 11 is 0. The molecule has 1 aliphatic heterocycles. The van der Waals surface area contributed by atoms with Gasteiger partial charge in [0.15, 0.2) is 12.2 Å². The number of oxazole rings is 1. The zero-order chi connectivity index (χ0) is 19.3. The van der Waals surface area contributed by atoms with Crippen LogP contribution in [0.15, 0.2) is 52.9 Å². The molecule has 0 aliphatic carbocycles. The van der Waals surface area contributed by atoms with E-state index < -0.39 is 0 Å². The lowest BCUT2D eigenvalue weighted by molar-refractivity contribution is -0.123. The molecule has 6 heteroatoms. The topological polar surface area (TPSA) is 67.6 Å². The van der Waals surface area contributed by atoms with Crippen molar-refractivity contribution in [3.63, 3.8) is 0 Å². The van der Waals surface area contributed by atoms with Gasteiger partial charge < -0.3 is 19.4 Å². The van der Waals surface area contributed by atoms with Crippen molar-refractivity contribution in [1.29, 1.82) is 0 Å². The Morgan fingerprint density at radius 1 is 1.18 bits per heavy atom. The number of para-hydroxylation sites is 2. The van der Waals surface area contributed by atoms with Gasteiger partial charge in [-0.2, -0.15) is 4.98 Å². The number of hydrogen-bond acceptors (Lipinski definition) is 5. The van der Waals surface area contributed by atoms with Gasteiger partial charge in [-0.1, -0.05) is 29.8 Å². The van der Waals surface area contributed by atoms with Crippen LogP contribution in [0.3, 0.4) is 0 Å². The summed E-state index contributed by atoms with van der Waals surface area (Å²) < 4.78 is 11.4. The van der Waals surface area contributed by atoms with Gasteiger partial charge in [-0.3, -0.25) is 4.79 Å². The Morgan fingerprint density at radius 3 is 2.68 bits per heavy atom. The molecule has 146 valence electrons. The van der Waals surface area contributed by atoms with Crippen LogP contribution in [0.4, 0.5) is 6.01 Å². The first-order chi connectivity index (χ1) is 13.7. The summed E-state index contributed by atoms with van der Waals surface area (Å²) in [5, 5.41) is 2.99. The Labute approximate surface area is 164 Å². The number of nitrogens with zero attached hydrogens (tertiary/aromatic N) is 2. The van der Waals surface area contributed by atoms with E-state index in [1.165, 1.54) is 5.56 Å². The number of hydrogen-bond donors (Lipinski definition) is 1. The van der Waals surface area contributed by atoms with Crippen molar-refractivity contribution in [2.45, 2.75) is 19.8 Å². The summed E-state index contributed by atoms with van der Waals surface area (Å²) in [7, 11) is 0. The molecule has 2 aromatic carbocycles. The maximum absolute atomic E-state index is 12.0. The highest BCUT2D eigenvalue weighted by Gasteiger charge is 2.23. The minimum absolute atomic E-state index is 0.0464. The molecular formula is C22H25N3O3. The van der Waals surface area contributed by atoms with Crippen LogP contribution < -0.4 is 15.0 Å². The molecule has 4 rings (SSSR count). The van der Waals surface area contributed by atoms with Crippen molar-refractivity contribution in [2.24, 2.45) is 5.92 Å². The molecule has 0 unspecified atom stereocenters. The molecule has 1 saturated heterocycles. The maximum atomic E-state index is 12.0. The SMILES string of the molecule is Cc1ccc(OCC(=O)NCC2CCN(c3nc4ccccc4o3)CC2)cc1. The third kappa shape index (κ3) is 4.44. The smallest absolute Gasteiger partial charge is 0.298 e. The quantitative estimate of drug-likeness (QED) is 0.709. The van der Waals surface area contributed by atoms with Crippen LogP contribution in [-0.2, 0) is 4.79 Å². The zero-order valence-electron chi connectivity index (χ0n) is 16.1. The lowest BCUT2D eigenvalue weighted by Crippen LogP contribution is -2.39. The van der Waals surface area contributed by atoms with Crippen molar-refractivity contribution in [3.8, 4) is 5.75 Å². The minimum Gasteiger partial charge on any atom is -0.484 e. The third-order valence-corrected chi connectivity index (χ3v) is 5.15. The highest BCUT2D eigenvalue weighted by Crippen LogP contribution is 2.26. The third-order valence-electron chi connectivity index (χ3n) is 5.15. The number of aryl methyl sites for hydroxylation is 1. The second-order valence-electron chi connectivity index (χ2n) is 7.30. The van der Waals surface area contributed by atoms with E-state index in [4.69, 9.17) is 9.15 Å². The van der Waals surface area contributed by atoms with Gasteiger partial charge in [-0.25, -0.2) is 0 Å². The lowest BCUT2D eigenvalue weighted by Gasteiger charge is -2.30. The summed E-state index contributed by atoms with van der Waals surface area (Å²) in [6.07, 6.45) is 2.00. The Hall–Kier alpha value is -3.02. The molecule has 1 aromatic heterocycles. The van der Waals surface area contributed by atoms with Gasteiger partial charge in [0, 0.05) is 19.6 Å². The summed E-state index contributed by atoms with van der Waals surface area (Å²) in [5.41, 5.74) is 2.88. The number of fused-ring (bicyclic) bond motifs is 1. The minimum atomic E-state index is -0.0815. The summed E-state index contributed by atoms with van der Waals surface area (Å²) in [5.74, 6) is 1.10. The molecule has 1 N–H and O–H groups in total. The predicted molar refractivity (Wildman–Crippen MR) is 109 cm³/mol. The van der Waals surface area contributed by atoms with Gasteiger partial charge in [0.25, 0.3) is 11.9 Å². The fourth-order valence-corrected chi connectivity index (χ4v) is 3.42. The molecule has 2 heterocycles. The van der Waals surface area contributed by atoms with Gasteiger partial charge in [-0.15, -0.1) is 0 Å². The van der Waals surface area contributed by atoms with Crippen molar-refractivity contribution in [1.82, 2.24) is 10.3 Å². The van der Waals surface area contributed by atoms with E-state index in [0.717, 1.165) is 37.0 Å². The van der Waals surface area contributed by atoms with Crippen LogP contribution in [0.5, 0.6) is 5.75 Å². The molecule has 6 nitrogen and oxygen atoms in total. The molecule has 28 heavy (non-hydrogen) atoms. The predicted octanol–water partition coefficient (Wildman–Crippen LogP) is 3.55. The van der Waals surface area contributed by atoms with Crippen LogP contribution in [0.2, 0.25) is 0 Å². The van der Waals surface area contributed by atoms with E-state index in [-0.39, 0.29) is 12.5 Å². The van der Waals surface area contributed by atoms with Crippen LogP contribution in [0, 0.1) is 12.8 Å². The number of benzene rings is 2. The van der Waals surface area contributed by atoms with Crippen LogP contribution in [-0.4, -0.2) is 37.1 Å². The van der Waals surface area contributed by atoms with E-state index >= 15 is 0 Å². The maximum Gasteiger partial charge on any atom is 0.298 e. The molecule has 1 fully saturated rings. The molecule has 0 bridgehead atoms. The number of piperidine rings is 1. The summed E-state index contributed by atoms with van der Waals surface area (Å²) in [6.45, 7) is 4.51. The summed E-state index contributed by atoms with van der Waals surface area (Å²) in [4.78, 5) is 18.8. The average Bonchev–Trinajstić information content (AvgIpc) is 3.16. The highest BCUT2D eigenvalue weighted by atomic mass is 16.5. The van der Waals surface area contributed by atoms with E-state index in [2.05, 4.69) is 15.2 Å². The second kappa shape index (κ2) is 8.33. The number of nitrogens with one attached hydrogen (secondary N) is 1. The Morgan fingerprint density at radius 2 is 1.93 bits per heavy atom. The lowest BCUT2D eigenvalue weighted by atomic mass is 9.97. The van der Waals surface area contributed by atoms with E-state index in [1.54, 1.807) is 0 Å². The number of rotatable bonds is 6. The van der Waals surface area contributed by atoms with E-state index in [1.807, 2.05) is 55.5 Å². The van der Waals surface area contributed by atoms with Gasteiger partial charge in [-0.05, 0) is 49.9 Å². The molecule has 0 spiro atoms. The van der Waals surface area contributed by atoms with E-state index in [9.17, 15) is 4.79 Å². The number of carbonyl (C=O) groups excluding carboxylic acids is 1. The number of anilines is 1. The molecule has 1 amide bonds. The standard InChI is InChI=1S/C22H25N3O3/c1-16-6-8-18(9-7-16)27-15-21(26)23-14-17-10-12-25(13-11-17)22-24-19-4-2-3-5-20(19)28-22/h2-9,17H,10-15H2,1H3,(H,23,26). The molecule has 3 aromatic rings. The molecule has 0 radical (unpaired) electrons. The first-order valence-corrected chi connectivity index (χ1v) is 9.74. The largest absolute Gasteiger partial charge is 0.484 e. The Bertz CT molecular complexity index is 895. The number of aromatic nitrogens is 1. The average molecular weight is 379 g/mol. The fourth-order valence-electron chi connectivity index (χ4n) is 3.42.